The van der Waals surface area contributed by atoms with Crippen molar-refractivity contribution >= 4 is 17.1 Å². The summed E-state index contributed by atoms with van der Waals surface area (Å²) in [5.74, 6) is -0.897. The molecule has 4 heterocycles. The number of hydrogen-bond acceptors (Lipinski definition) is 7. The topological polar surface area (TPSA) is 76.9 Å². The van der Waals surface area contributed by atoms with E-state index in [0.717, 1.165) is 17.5 Å². The van der Waals surface area contributed by atoms with Crippen LogP contribution < -0.4 is 4.90 Å². The maximum Gasteiger partial charge on any atom is 0.228 e. The van der Waals surface area contributed by atoms with Crippen LogP contribution in [0.3, 0.4) is 0 Å². The van der Waals surface area contributed by atoms with Gasteiger partial charge in [-0.3, -0.25) is 4.98 Å². The zero-order valence-electron chi connectivity index (χ0n) is 18.7. The van der Waals surface area contributed by atoms with Crippen LogP contribution in [0.4, 0.5) is 14.7 Å². The lowest BCUT2D eigenvalue weighted by Crippen LogP contribution is -2.37. The van der Waals surface area contributed by atoms with E-state index in [1.165, 1.54) is 12.1 Å². The Hall–Kier alpha value is -3.59. The van der Waals surface area contributed by atoms with E-state index in [-0.39, 0.29) is 5.56 Å². The van der Waals surface area contributed by atoms with Gasteiger partial charge in [-0.2, -0.15) is 4.98 Å². The summed E-state index contributed by atoms with van der Waals surface area (Å²) in [4.78, 5) is 24.0. The predicted molar refractivity (Wildman–Crippen MR) is 122 cm³/mol. The summed E-state index contributed by atoms with van der Waals surface area (Å²) in [6, 6.07) is 9.27. The van der Waals surface area contributed by atoms with E-state index in [4.69, 9.17) is 4.74 Å². The maximum absolute atomic E-state index is 14.4. The molecule has 4 aromatic rings. The van der Waals surface area contributed by atoms with Crippen LogP contribution in [0.2, 0.25) is 0 Å². The highest BCUT2D eigenvalue weighted by Crippen LogP contribution is 2.29. The summed E-state index contributed by atoms with van der Waals surface area (Å²) in [6.07, 6.45) is 1.79. The van der Waals surface area contributed by atoms with Gasteiger partial charge in [0.25, 0.3) is 0 Å². The number of anilines is 1. The molecule has 0 atom stereocenters. The molecule has 3 aromatic heterocycles. The van der Waals surface area contributed by atoms with Gasteiger partial charge >= 0.3 is 0 Å². The van der Waals surface area contributed by atoms with Gasteiger partial charge in [0.05, 0.1) is 24.6 Å². The standard InChI is InChI=1S/C18H17F2N5O.C6H7N/c1-10-11(2)22-17-16(21-10)15(13-4-3-12(19)9-14(13)20)23-18(24-17)25-5-7-26-8-6-25;1-6-4-2-3-5-7-6/h3-4,9H,5-8H2,1-2H3;2-5H,1H3. The molecule has 1 aromatic carbocycles. The first-order valence-electron chi connectivity index (χ1n) is 10.6. The Morgan fingerprint density at radius 1 is 0.879 bits per heavy atom. The molecule has 33 heavy (non-hydrogen) atoms. The SMILES string of the molecule is Cc1ccccn1.Cc1nc2nc(N3CCOCC3)nc(-c3ccc(F)cc3F)c2nc1C. The molecule has 0 bridgehead atoms. The van der Waals surface area contributed by atoms with Crippen molar-refractivity contribution in [2.45, 2.75) is 20.8 Å². The highest BCUT2D eigenvalue weighted by molar-refractivity contribution is 5.88. The Morgan fingerprint density at radius 3 is 2.27 bits per heavy atom. The van der Waals surface area contributed by atoms with Gasteiger partial charge in [-0.05, 0) is 45.0 Å². The van der Waals surface area contributed by atoms with Gasteiger partial charge < -0.3 is 9.64 Å². The minimum Gasteiger partial charge on any atom is -0.378 e. The number of morpholine rings is 1. The Kier molecular flexibility index (Phi) is 6.79. The van der Waals surface area contributed by atoms with Crippen molar-refractivity contribution in [3.05, 3.63) is 71.3 Å². The van der Waals surface area contributed by atoms with Gasteiger partial charge in [0.15, 0.2) is 5.65 Å². The molecule has 1 aliphatic rings. The maximum atomic E-state index is 14.4. The van der Waals surface area contributed by atoms with Gasteiger partial charge in [0.1, 0.15) is 22.8 Å². The van der Waals surface area contributed by atoms with E-state index >= 15 is 0 Å². The number of aryl methyl sites for hydroxylation is 3. The minimum atomic E-state index is -0.696. The third-order valence-corrected chi connectivity index (χ3v) is 5.22. The summed E-state index contributed by atoms with van der Waals surface area (Å²) in [6.45, 7) is 8.05. The quantitative estimate of drug-likeness (QED) is 0.453. The number of hydrogen-bond donors (Lipinski definition) is 0. The molecule has 170 valence electrons. The average molecular weight is 450 g/mol. The smallest absolute Gasteiger partial charge is 0.228 e. The third-order valence-electron chi connectivity index (χ3n) is 5.22. The lowest BCUT2D eigenvalue weighted by Gasteiger charge is -2.27. The molecule has 7 nitrogen and oxygen atoms in total. The first kappa shape index (κ1) is 22.6. The van der Waals surface area contributed by atoms with Crippen molar-refractivity contribution in [3.63, 3.8) is 0 Å². The average Bonchev–Trinajstić information content (AvgIpc) is 2.81. The van der Waals surface area contributed by atoms with Crippen molar-refractivity contribution in [1.29, 1.82) is 0 Å². The van der Waals surface area contributed by atoms with Crippen molar-refractivity contribution in [2.24, 2.45) is 0 Å². The van der Waals surface area contributed by atoms with E-state index in [1.54, 1.807) is 6.20 Å². The second kappa shape index (κ2) is 9.91. The minimum absolute atomic E-state index is 0.172. The number of rotatable bonds is 2. The van der Waals surface area contributed by atoms with Gasteiger partial charge in [0.2, 0.25) is 5.95 Å². The fraction of sp³-hybridized carbons (Fsp3) is 0.292. The van der Waals surface area contributed by atoms with Crippen LogP contribution in [-0.4, -0.2) is 51.2 Å². The molecule has 1 aliphatic heterocycles. The van der Waals surface area contributed by atoms with E-state index in [0.29, 0.717) is 54.8 Å². The van der Waals surface area contributed by atoms with E-state index in [9.17, 15) is 8.78 Å². The Morgan fingerprint density at radius 2 is 1.64 bits per heavy atom. The summed E-state index contributed by atoms with van der Waals surface area (Å²) in [5, 5.41) is 0. The van der Waals surface area contributed by atoms with Gasteiger partial charge in [-0.25, -0.2) is 23.7 Å². The van der Waals surface area contributed by atoms with Crippen LogP contribution in [0, 0.1) is 32.4 Å². The Balaban J connectivity index is 0.000000318. The number of ether oxygens (including phenoxy) is 1. The lowest BCUT2D eigenvalue weighted by molar-refractivity contribution is 0.122. The zero-order valence-corrected chi connectivity index (χ0v) is 18.7. The molecule has 0 radical (unpaired) electrons. The number of fused-ring (bicyclic) bond motifs is 1. The molecule has 0 spiro atoms. The number of benzene rings is 1. The van der Waals surface area contributed by atoms with Gasteiger partial charge in [0, 0.05) is 36.6 Å². The molecule has 1 saturated heterocycles. The zero-order chi connectivity index (χ0) is 23.4. The second-order valence-corrected chi connectivity index (χ2v) is 7.63. The molecule has 0 amide bonds. The van der Waals surface area contributed by atoms with E-state index in [1.807, 2.05) is 43.9 Å². The summed E-state index contributed by atoms with van der Waals surface area (Å²) < 4.78 is 33.1. The van der Waals surface area contributed by atoms with Crippen LogP contribution >= 0.6 is 0 Å². The first-order valence-corrected chi connectivity index (χ1v) is 10.6. The van der Waals surface area contributed by atoms with Crippen LogP contribution in [-0.2, 0) is 4.74 Å². The molecular weight excluding hydrogens is 426 g/mol. The fourth-order valence-electron chi connectivity index (χ4n) is 3.32. The molecule has 0 N–H and O–H groups in total. The number of pyridine rings is 1. The second-order valence-electron chi connectivity index (χ2n) is 7.63. The molecule has 5 rings (SSSR count). The monoisotopic (exact) mass is 450 g/mol. The van der Waals surface area contributed by atoms with Crippen molar-refractivity contribution < 1.29 is 13.5 Å². The summed E-state index contributed by atoms with van der Waals surface area (Å²) >= 11 is 0. The largest absolute Gasteiger partial charge is 0.378 e. The Labute approximate surface area is 190 Å². The van der Waals surface area contributed by atoms with Crippen molar-refractivity contribution in [3.8, 4) is 11.3 Å². The third kappa shape index (κ3) is 5.25. The first-order chi connectivity index (χ1) is 15.9. The number of aromatic nitrogens is 5. The van der Waals surface area contributed by atoms with Gasteiger partial charge in [-0.1, -0.05) is 6.07 Å². The van der Waals surface area contributed by atoms with E-state index in [2.05, 4.69) is 24.9 Å². The Bertz CT molecular complexity index is 1260. The highest BCUT2D eigenvalue weighted by Gasteiger charge is 2.21. The molecular formula is C24H24F2N6O. The predicted octanol–water partition coefficient (Wildman–Crippen LogP) is 4.21. The van der Waals surface area contributed by atoms with Crippen molar-refractivity contribution in [1.82, 2.24) is 24.9 Å². The summed E-state index contributed by atoms with van der Waals surface area (Å²) in [5.41, 5.74) is 3.80. The molecule has 1 fully saturated rings. The summed E-state index contributed by atoms with van der Waals surface area (Å²) in [7, 11) is 0. The number of halogens is 2. The molecule has 0 unspecified atom stereocenters. The molecule has 9 heteroatoms. The van der Waals surface area contributed by atoms with Gasteiger partial charge in [-0.15, -0.1) is 0 Å². The van der Waals surface area contributed by atoms with Crippen molar-refractivity contribution in [2.75, 3.05) is 31.2 Å². The van der Waals surface area contributed by atoms with E-state index < -0.39 is 11.6 Å². The molecule has 0 saturated carbocycles. The fourth-order valence-corrected chi connectivity index (χ4v) is 3.32. The van der Waals surface area contributed by atoms with Crippen LogP contribution in [0.1, 0.15) is 17.1 Å². The van der Waals surface area contributed by atoms with Crippen LogP contribution in [0.25, 0.3) is 22.4 Å². The normalized spacial score (nSPS) is 13.5. The number of nitrogens with zero attached hydrogens (tertiary/aromatic N) is 6. The highest BCUT2D eigenvalue weighted by atomic mass is 19.1. The van der Waals surface area contributed by atoms with Crippen LogP contribution in [0.15, 0.2) is 42.6 Å². The van der Waals surface area contributed by atoms with Crippen LogP contribution in [0.5, 0.6) is 0 Å². The molecule has 0 aliphatic carbocycles. The lowest BCUT2D eigenvalue weighted by atomic mass is 10.1.